The van der Waals surface area contributed by atoms with Crippen LogP contribution in [0.1, 0.15) is 66.6 Å². The first kappa shape index (κ1) is 12.5. The number of aldehydes is 1. The Morgan fingerprint density at radius 2 is 2.05 bits per heavy atom. The molecule has 1 N–H and O–H groups in total. The molecule has 0 unspecified atom stereocenters. The van der Waals surface area contributed by atoms with E-state index in [4.69, 9.17) is 0 Å². The normalized spacial score (nSPS) is 16.9. The third kappa shape index (κ3) is 2.09. The molecule has 1 fully saturated rings. The molecule has 1 aromatic carbocycles. The number of aryl methyl sites for hydroxylation is 1. The van der Waals surface area contributed by atoms with Crippen LogP contribution in [0.25, 0.3) is 10.9 Å². The van der Waals surface area contributed by atoms with Gasteiger partial charge in [-0.15, -0.1) is 0 Å². The molecule has 1 aliphatic rings. The van der Waals surface area contributed by atoms with Crippen molar-refractivity contribution in [2.24, 2.45) is 0 Å². The number of carbonyl (C=O) groups is 1. The van der Waals surface area contributed by atoms with Gasteiger partial charge in [-0.05, 0) is 30.7 Å². The zero-order valence-electron chi connectivity index (χ0n) is 11.5. The first-order valence-corrected chi connectivity index (χ1v) is 7.43. The molecule has 3 rings (SSSR count). The van der Waals surface area contributed by atoms with E-state index in [0.717, 1.165) is 23.7 Å². The first-order valence-electron chi connectivity index (χ1n) is 7.43. The van der Waals surface area contributed by atoms with E-state index in [1.54, 1.807) is 0 Å². The van der Waals surface area contributed by atoms with Crippen molar-refractivity contribution in [3.8, 4) is 0 Å². The molecule has 2 aromatic rings. The molecule has 0 radical (unpaired) electrons. The lowest BCUT2D eigenvalue weighted by Crippen LogP contribution is -2.06. The Labute approximate surface area is 114 Å². The SMILES string of the molecule is CCc1cccc2c(C=O)c(C3CCCCC3)[nH]c12. The van der Waals surface area contributed by atoms with Crippen LogP contribution in [-0.2, 0) is 6.42 Å². The van der Waals surface area contributed by atoms with E-state index in [2.05, 4.69) is 30.1 Å². The first-order chi connectivity index (χ1) is 9.35. The Bertz CT molecular complexity index is 591. The minimum Gasteiger partial charge on any atom is -0.357 e. The molecule has 1 heterocycles. The summed E-state index contributed by atoms with van der Waals surface area (Å²) >= 11 is 0. The quantitative estimate of drug-likeness (QED) is 0.799. The highest BCUT2D eigenvalue weighted by atomic mass is 16.1. The van der Waals surface area contributed by atoms with E-state index >= 15 is 0 Å². The van der Waals surface area contributed by atoms with Crippen molar-refractivity contribution in [1.29, 1.82) is 0 Å². The second kappa shape index (κ2) is 5.20. The number of nitrogens with one attached hydrogen (secondary N) is 1. The van der Waals surface area contributed by atoms with E-state index in [-0.39, 0.29) is 0 Å². The van der Waals surface area contributed by atoms with Crippen LogP contribution in [0.3, 0.4) is 0 Å². The average Bonchev–Trinajstić information content (AvgIpc) is 2.86. The fraction of sp³-hybridized carbons (Fsp3) is 0.471. The van der Waals surface area contributed by atoms with E-state index in [0.29, 0.717) is 5.92 Å². The van der Waals surface area contributed by atoms with Gasteiger partial charge >= 0.3 is 0 Å². The average molecular weight is 255 g/mol. The maximum atomic E-state index is 11.5. The summed E-state index contributed by atoms with van der Waals surface area (Å²) < 4.78 is 0. The number of carbonyl (C=O) groups excluding carboxylic acids is 1. The maximum absolute atomic E-state index is 11.5. The second-order valence-electron chi connectivity index (χ2n) is 5.60. The lowest BCUT2D eigenvalue weighted by molar-refractivity contribution is 0.112. The van der Waals surface area contributed by atoms with Crippen LogP contribution >= 0.6 is 0 Å². The van der Waals surface area contributed by atoms with E-state index < -0.39 is 0 Å². The van der Waals surface area contributed by atoms with Gasteiger partial charge < -0.3 is 4.98 Å². The predicted octanol–water partition coefficient (Wildman–Crippen LogP) is 4.59. The highest BCUT2D eigenvalue weighted by Crippen LogP contribution is 2.36. The number of para-hydroxylation sites is 1. The molecule has 0 saturated heterocycles. The van der Waals surface area contributed by atoms with E-state index in [9.17, 15) is 4.79 Å². The summed E-state index contributed by atoms with van der Waals surface area (Å²) in [5, 5.41) is 1.11. The smallest absolute Gasteiger partial charge is 0.152 e. The Balaban J connectivity index is 2.15. The van der Waals surface area contributed by atoms with Gasteiger partial charge in [0.15, 0.2) is 6.29 Å². The number of H-pyrrole nitrogens is 1. The lowest BCUT2D eigenvalue weighted by atomic mass is 9.85. The van der Waals surface area contributed by atoms with Crippen LogP contribution in [0.4, 0.5) is 0 Å². The van der Waals surface area contributed by atoms with Crippen molar-refractivity contribution >= 4 is 17.2 Å². The summed E-state index contributed by atoms with van der Waals surface area (Å²) in [6, 6.07) is 6.28. The molecule has 100 valence electrons. The van der Waals surface area contributed by atoms with Crippen LogP contribution in [0.5, 0.6) is 0 Å². The molecule has 1 aromatic heterocycles. The molecule has 2 heteroatoms. The van der Waals surface area contributed by atoms with Gasteiger partial charge in [-0.25, -0.2) is 0 Å². The highest BCUT2D eigenvalue weighted by Gasteiger charge is 2.22. The fourth-order valence-electron chi connectivity index (χ4n) is 3.45. The third-order valence-corrected chi connectivity index (χ3v) is 4.50. The molecule has 2 nitrogen and oxygen atoms in total. The molecule has 1 aliphatic carbocycles. The topological polar surface area (TPSA) is 32.9 Å². The van der Waals surface area contributed by atoms with Crippen molar-refractivity contribution in [2.45, 2.75) is 51.4 Å². The van der Waals surface area contributed by atoms with Gasteiger partial charge in [-0.1, -0.05) is 44.4 Å². The Kier molecular flexibility index (Phi) is 3.41. The van der Waals surface area contributed by atoms with Gasteiger partial charge in [0.2, 0.25) is 0 Å². The predicted molar refractivity (Wildman–Crippen MR) is 78.9 cm³/mol. The molecule has 0 amide bonds. The van der Waals surface area contributed by atoms with Crippen molar-refractivity contribution in [1.82, 2.24) is 4.98 Å². The largest absolute Gasteiger partial charge is 0.357 e. The number of aromatic amines is 1. The Hall–Kier alpha value is -1.57. The Morgan fingerprint density at radius 3 is 2.74 bits per heavy atom. The summed E-state index contributed by atoms with van der Waals surface area (Å²) in [5.74, 6) is 0.547. The number of aromatic nitrogens is 1. The molecule has 0 spiro atoms. The number of rotatable bonds is 3. The van der Waals surface area contributed by atoms with Crippen LogP contribution < -0.4 is 0 Å². The minimum absolute atomic E-state index is 0.547. The molecule has 0 aliphatic heterocycles. The third-order valence-electron chi connectivity index (χ3n) is 4.50. The standard InChI is InChI=1S/C17H21NO/c1-2-12-9-6-10-14-15(11-19)17(18-16(12)14)13-7-4-3-5-8-13/h6,9-11,13,18H,2-5,7-8H2,1H3. The molecular weight excluding hydrogens is 234 g/mol. The number of benzene rings is 1. The van der Waals surface area contributed by atoms with Gasteiger partial charge in [0, 0.05) is 22.2 Å². The number of hydrogen-bond acceptors (Lipinski definition) is 1. The molecular formula is C17H21NO. The monoisotopic (exact) mass is 255 g/mol. The van der Waals surface area contributed by atoms with Crippen molar-refractivity contribution in [3.63, 3.8) is 0 Å². The fourth-order valence-corrected chi connectivity index (χ4v) is 3.45. The molecule has 19 heavy (non-hydrogen) atoms. The zero-order valence-corrected chi connectivity index (χ0v) is 11.5. The van der Waals surface area contributed by atoms with Crippen LogP contribution in [-0.4, -0.2) is 11.3 Å². The van der Waals surface area contributed by atoms with Crippen LogP contribution in [0, 0.1) is 0 Å². The van der Waals surface area contributed by atoms with Crippen LogP contribution in [0.2, 0.25) is 0 Å². The van der Waals surface area contributed by atoms with Gasteiger partial charge in [-0.3, -0.25) is 4.79 Å². The second-order valence-corrected chi connectivity index (χ2v) is 5.60. The minimum atomic E-state index is 0.547. The Morgan fingerprint density at radius 1 is 1.26 bits per heavy atom. The summed E-state index contributed by atoms with van der Waals surface area (Å²) in [4.78, 5) is 15.1. The number of hydrogen-bond donors (Lipinski definition) is 1. The van der Waals surface area contributed by atoms with Gasteiger partial charge in [0.05, 0.1) is 0 Å². The van der Waals surface area contributed by atoms with Crippen molar-refractivity contribution < 1.29 is 4.79 Å². The van der Waals surface area contributed by atoms with E-state index in [1.807, 2.05) is 0 Å². The van der Waals surface area contributed by atoms with Gasteiger partial charge in [-0.2, -0.15) is 0 Å². The summed E-state index contributed by atoms with van der Waals surface area (Å²) in [6.07, 6.45) is 8.40. The molecule has 0 bridgehead atoms. The highest BCUT2D eigenvalue weighted by molar-refractivity contribution is 6.00. The molecule has 1 saturated carbocycles. The zero-order chi connectivity index (χ0) is 13.2. The summed E-state index contributed by atoms with van der Waals surface area (Å²) in [6.45, 7) is 2.16. The lowest BCUT2D eigenvalue weighted by Gasteiger charge is -2.21. The summed E-state index contributed by atoms with van der Waals surface area (Å²) in [7, 11) is 0. The van der Waals surface area contributed by atoms with Crippen molar-refractivity contribution in [3.05, 3.63) is 35.0 Å². The van der Waals surface area contributed by atoms with Crippen molar-refractivity contribution in [2.75, 3.05) is 0 Å². The maximum Gasteiger partial charge on any atom is 0.152 e. The number of fused-ring (bicyclic) bond motifs is 1. The molecule has 0 atom stereocenters. The van der Waals surface area contributed by atoms with Gasteiger partial charge in [0.25, 0.3) is 0 Å². The summed E-state index contributed by atoms with van der Waals surface area (Å²) in [5.41, 5.74) is 4.57. The van der Waals surface area contributed by atoms with E-state index in [1.165, 1.54) is 48.9 Å². The van der Waals surface area contributed by atoms with Crippen LogP contribution in [0.15, 0.2) is 18.2 Å². The van der Waals surface area contributed by atoms with Gasteiger partial charge in [0.1, 0.15) is 0 Å².